The number of carbonyl (C=O) groups excluding carboxylic acids is 3. The van der Waals surface area contributed by atoms with Crippen molar-refractivity contribution < 1.29 is 14.4 Å². The molecule has 0 aliphatic carbocycles. The summed E-state index contributed by atoms with van der Waals surface area (Å²) in [4.78, 5) is 33.3. The molecule has 0 aromatic heterocycles. The van der Waals surface area contributed by atoms with Gasteiger partial charge in [0.2, 0.25) is 5.91 Å². The minimum Gasteiger partial charge on any atom is -0.333 e. The number of Topliss-reactive ketones (excluding diaryl/α,β-unsaturated/α-hetero) is 1. The Morgan fingerprint density at radius 3 is 2.43 bits per heavy atom. The molecule has 1 atom stereocenters. The van der Waals surface area contributed by atoms with Gasteiger partial charge in [0.1, 0.15) is 0 Å². The number of hydrogen-bond acceptors (Lipinski definition) is 4. The molecule has 1 unspecified atom stereocenters. The average molecular weight is 199 g/mol. The smallest absolute Gasteiger partial charge is 0.308 e. The summed E-state index contributed by atoms with van der Waals surface area (Å²) in [5.74, 6) is -1.60. The molecule has 1 aliphatic rings. The van der Waals surface area contributed by atoms with Crippen LogP contribution in [0.4, 0.5) is 0 Å². The normalized spacial score (nSPS) is 22.0. The van der Waals surface area contributed by atoms with Crippen LogP contribution in [0.5, 0.6) is 0 Å². The molecule has 14 heavy (non-hydrogen) atoms. The first kappa shape index (κ1) is 10.6. The van der Waals surface area contributed by atoms with Crippen LogP contribution < -0.4 is 10.7 Å². The van der Waals surface area contributed by atoms with Crippen LogP contribution in [0.15, 0.2) is 0 Å². The Kier molecular flexibility index (Phi) is 2.85. The van der Waals surface area contributed by atoms with Gasteiger partial charge in [-0.2, -0.15) is 0 Å². The zero-order valence-corrected chi connectivity index (χ0v) is 8.33. The van der Waals surface area contributed by atoms with Crippen LogP contribution in [0.2, 0.25) is 0 Å². The molecule has 1 aliphatic heterocycles. The van der Waals surface area contributed by atoms with E-state index in [1.807, 2.05) is 0 Å². The average Bonchev–Trinajstić information content (AvgIpc) is 2.32. The summed E-state index contributed by atoms with van der Waals surface area (Å²) in [6.45, 7) is 4.83. The number of hydrazine groups is 1. The van der Waals surface area contributed by atoms with Gasteiger partial charge in [-0.25, -0.2) is 5.43 Å². The Labute approximate surface area is 81.6 Å². The highest BCUT2D eigenvalue weighted by Crippen LogP contribution is 2.05. The van der Waals surface area contributed by atoms with Crippen molar-refractivity contribution in [1.82, 2.24) is 15.8 Å². The summed E-state index contributed by atoms with van der Waals surface area (Å²) in [6, 6.07) is -0.120. The Balaban J connectivity index is 2.72. The molecular weight excluding hydrogens is 186 g/mol. The highest BCUT2D eigenvalue weighted by atomic mass is 16.2. The minimum atomic E-state index is -0.914. The molecule has 1 heterocycles. The fourth-order valence-corrected chi connectivity index (χ4v) is 1.18. The van der Waals surface area contributed by atoms with Gasteiger partial charge in [0.25, 0.3) is 5.78 Å². The van der Waals surface area contributed by atoms with E-state index in [2.05, 4.69) is 10.7 Å². The van der Waals surface area contributed by atoms with Crippen molar-refractivity contribution in [3.8, 4) is 0 Å². The van der Waals surface area contributed by atoms with Gasteiger partial charge in [0.15, 0.2) is 6.17 Å². The molecule has 0 bridgehead atoms. The molecule has 6 nitrogen and oxygen atoms in total. The summed E-state index contributed by atoms with van der Waals surface area (Å²) in [6.07, 6.45) is -0.914. The molecule has 2 N–H and O–H groups in total. The lowest BCUT2D eigenvalue weighted by atomic mass is 10.3. The molecule has 0 aromatic rings. The molecule has 0 radical (unpaired) electrons. The van der Waals surface area contributed by atoms with E-state index in [9.17, 15) is 14.4 Å². The Morgan fingerprint density at radius 1 is 1.50 bits per heavy atom. The standard InChI is InChI=1S/C8H13N3O3/c1-4(2)11-8(14)6(13)7(10-11)9-5(3)12/h4,7,10H,1-3H3,(H,9,12). The second-order valence-corrected chi connectivity index (χ2v) is 3.40. The SMILES string of the molecule is CC(=O)NC1NN(C(C)C)C(=O)C1=O. The Bertz CT molecular complexity index is 288. The summed E-state index contributed by atoms with van der Waals surface area (Å²) in [7, 11) is 0. The van der Waals surface area contributed by atoms with E-state index in [1.54, 1.807) is 13.8 Å². The van der Waals surface area contributed by atoms with E-state index in [0.717, 1.165) is 0 Å². The number of nitrogens with one attached hydrogen (secondary N) is 2. The number of carbonyl (C=O) groups is 3. The zero-order chi connectivity index (χ0) is 10.9. The molecule has 78 valence electrons. The fraction of sp³-hybridized carbons (Fsp3) is 0.625. The third kappa shape index (κ3) is 1.90. The fourth-order valence-electron chi connectivity index (χ4n) is 1.18. The molecule has 0 aromatic carbocycles. The molecule has 0 spiro atoms. The summed E-state index contributed by atoms with van der Waals surface area (Å²) >= 11 is 0. The van der Waals surface area contributed by atoms with Crippen LogP contribution in [0.3, 0.4) is 0 Å². The van der Waals surface area contributed by atoms with Crippen LogP contribution in [-0.4, -0.2) is 34.8 Å². The molecule has 0 saturated carbocycles. The first-order chi connectivity index (χ1) is 6.43. The molecule has 1 rings (SSSR count). The van der Waals surface area contributed by atoms with Crippen molar-refractivity contribution in [2.75, 3.05) is 0 Å². The Morgan fingerprint density at radius 2 is 2.07 bits per heavy atom. The highest BCUT2D eigenvalue weighted by Gasteiger charge is 2.40. The number of rotatable bonds is 2. The number of nitrogens with zero attached hydrogens (tertiary/aromatic N) is 1. The van der Waals surface area contributed by atoms with Crippen molar-refractivity contribution in [3.63, 3.8) is 0 Å². The van der Waals surface area contributed by atoms with Crippen LogP contribution in [0.25, 0.3) is 0 Å². The predicted octanol–water partition coefficient (Wildman–Crippen LogP) is -1.23. The monoisotopic (exact) mass is 199 g/mol. The molecule has 1 saturated heterocycles. The third-order valence-corrected chi connectivity index (χ3v) is 1.82. The molecular formula is C8H13N3O3. The van der Waals surface area contributed by atoms with Gasteiger partial charge in [-0.05, 0) is 13.8 Å². The van der Waals surface area contributed by atoms with Gasteiger partial charge >= 0.3 is 5.91 Å². The van der Waals surface area contributed by atoms with E-state index in [-0.39, 0.29) is 11.9 Å². The van der Waals surface area contributed by atoms with Gasteiger partial charge in [-0.1, -0.05) is 0 Å². The van der Waals surface area contributed by atoms with Gasteiger partial charge in [0.05, 0.1) is 0 Å². The second-order valence-electron chi connectivity index (χ2n) is 3.40. The maximum absolute atomic E-state index is 11.3. The van der Waals surface area contributed by atoms with Crippen molar-refractivity contribution in [2.24, 2.45) is 0 Å². The Hall–Kier alpha value is -1.43. The summed E-state index contributed by atoms with van der Waals surface area (Å²) < 4.78 is 0. The van der Waals surface area contributed by atoms with Gasteiger partial charge in [0, 0.05) is 13.0 Å². The highest BCUT2D eigenvalue weighted by molar-refractivity contribution is 6.39. The largest absolute Gasteiger partial charge is 0.333 e. The van der Waals surface area contributed by atoms with Gasteiger partial charge in [-0.3, -0.25) is 19.4 Å². The van der Waals surface area contributed by atoms with Gasteiger partial charge in [-0.15, -0.1) is 0 Å². The second kappa shape index (κ2) is 3.75. The van der Waals surface area contributed by atoms with Crippen LogP contribution in [0, 0.1) is 0 Å². The lowest BCUT2D eigenvalue weighted by Gasteiger charge is -2.20. The van der Waals surface area contributed by atoms with Crippen molar-refractivity contribution >= 4 is 17.6 Å². The predicted molar refractivity (Wildman–Crippen MR) is 47.7 cm³/mol. The van der Waals surface area contributed by atoms with Crippen LogP contribution >= 0.6 is 0 Å². The van der Waals surface area contributed by atoms with Crippen molar-refractivity contribution in [3.05, 3.63) is 0 Å². The zero-order valence-electron chi connectivity index (χ0n) is 8.33. The number of hydrogen-bond donors (Lipinski definition) is 2. The minimum absolute atomic E-state index is 0.120. The van der Waals surface area contributed by atoms with E-state index in [4.69, 9.17) is 0 Å². The third-order valence-electron chi connectivity index (χ3n) is 1.82. The van der Waals surface area contributed by atoms with E-state index < -0.39 is 17.9 Å². The van der Waals surface area contributed by atoms with Crippen molar-refractivity contribution in [1.29, 1.82) is 0 Å². The van der Waals surface area contributed by atoms with E-state index in [0.29, 0.717) is 0 Å². The summed E-state index contributed by atoms with van der Waals surface area (Å²) in [5.41, 5.74) is 2.62. The van der Waals surface area contributed by atoms with E-state index >= 15 is 0 Å². The number of ketones is 1. The molecule has 6 heteroatoms. The number of amides is 2. The lowest BCUT2D eigenvalue weighted by molar-refractivity contribution is -0.142. The van der Waals surface area contributed by atoms with Crippen LogP contribution in [0.1, 0.15) is 20.8 Å². The van der Waals surface area contributed by atoms with Crippen LogP contribution in [-0.2, 0) is 14.4 Å². The quantitative estimate of drug-likeness (QED) is 0.546. The van der Waals surface area contributed by atoms with E-state index in [1.165, 1.54) is 11.9 Å². The maximum atomic E-state index is 11.3. The van der Waals surface area contributed by atoms with Gasteiger partial charge < -0.3 is 5.32 Å². The first-order valence-electron chi connectivity index (χ1n) is 4.34. The summed E-state index contributed by atoms with van der Waals surface area (Å²) in [5, 5.41) is 3.56. The van der Waals surface area contributed by atoms with Crippen molar-refractivity contribution in [2.45, 2.75) is 33.0 Å². The molecule has 2 amide bonds. The lowest BCUT2D eigenvalue weighted by Crippen LogP contribution is -2.49. The molecule has 1 fully saturated rings. The topological polar surface area (TPSA) is 78.5 Å². The first-order valence-corrected chi connectivity index (χ1v) is 4.34. The maximum Gasteiger partial charge on any atom is 0.308 e.